The van der Waals surface area contributed by atoms with Gasteiger partial charge in [-0.05, 0) is 25.0 Å². The molecule has 1 aliphatic rings. The zero-order valence-corrected chi connectivity index (χ0v) is 11.2. The zero-order chi connectivity index (χ0) is 15.0. The van der Waals surface area contributed by atoms with Crippen LogP contribution in [-0.2, 0) is 16.1 Å². The standard InChI is InChI=1S/C14H14N2O5/c17-12(15-7-3-5-10(15)13(18)19)8-16-9-4-1-2-6-11(9)21-14(16)20/h1-2,4,6,10H,3,5,7-8H2,(H,18,19)/t10-/m1/s1. The van der Waals surface area contributed by atoms with Gasteiger partial charge in [0.2, 0.25) is 5.91 Å². The molecule has 1 amide bonds. The van der Waals surface area contributed by atoms with Gasteiger partial charge in [-0.2, -0.15) is 0 Å². The second-order valence-corrected chi connectivity index (χ2v) is 5.01. The number of carboxylic acids is 1. The van der Waals surface area contributed by atoms with Crippen molar-refractivity contribution in [1.29, 1.82) is 0 Å². The van der Waals surface area contributed by atoms with E-state index < -0.39 is 17.8 Å². The fraction of sp³-hybridized carbons (Fsp3) is 0.357. The average Bonchev–Trinajstić information content (AvgIpc) is 3.04. The van der Waals surface area contributed by atoms with E-state index in [1.165, 1.54) is 9.47 Å². The Bertz CT molecular complexity index is 760. The van der Waals surface area contributed by atoms with E-state index in [1.54, 1.807) is 24.3 Å². The van der Waals surface area contributed by atoms with Crippen LogP contribution in [0.1, 0.15) is 12.8 Å². The Labute approximate surface area is 119 Å². The second-order valence-electron chi connectivity index (χ2n) is 5.01. The van der Waals surface area contributed by atoms with Crippen molar-refractivity contribution in [2.45, 2.75) is 25.4 Å². The lowest BCUT2D eigenvalue weighted by molar-refractivity contribution is -0.148. The summed E-state index contributed by atoms with van der Waals surface area (Å²) in [5.74, 6) is -2.01. The Morgan fingerprint density at radius 3 is 2.86 bits per heavy atom. The van der Waals surface area contributed by atoms with Crippen LogP contribution in [0.4, 0.5) is 0 Å². The van der Waals surface area contributed by atoms with E-state index in [0.29, 0.717) is 30.5 Å². The highest BCUT2D eigenvalue weighted by molar-refractivity contribution is 5.85. The SMILES string of the molecule is O=C(O)[C@H]1CCCN1C(=O)Cn1c(=O)oc2ccccc21. The predicted molar refractivity (Wildman–Crippen MR) is 72.8 cm³/mol. The molecular weight excluding hydrogens is 276 g/mol. The number of carbonyl (C=O) groups excluding carboxylic acids is 1. The van der Waals surface area contributed by atoms with Crippen molar-refractivity contribution < 1.29 is 19.1 Å². The molecule has 0 spiro atoms. The van der Waals surface area contributed by atoms with Crippen LogP contribution >= 0.6 is 0 Å². The Kier molecular flexibility index (Phi) is 3.25. The Hall–Kier alpha value is -2.57. The lowest BCUT2D eigenvalue weighted by atomic mass is 10.2. The molecule has 1 atom stereocenters. The zero-order valence-electron chi connectivity index (χ0n) is 11.2. The van der Waals surface area contributed by atoms with E-state index in [9.17, 15) is 14.4 Å². The van der Waals surface area contributed by atoms with Crippen LogP contribution in [0.3, 0.4) is 0 Å². The van der Waals surface area contributed by atoms with Crippen molar-refractivity contribution in [3.05, 3.63) is 34.8 Å². The molecular formula is C14H14N2O5. The molecule has 1 aliphatic heterocycles. The normalized spacial score (nSPS) is 18.3. The molecule has 2 heterocycles. The minimum absolute atomic E-state index is 0.209. The van der Waals surface area contributed by atoms with Gasteiger partial charge >= 0.3 is 11.7 Å². The molecule has 1 saturated heterocycles. The number of likely N-dealkylation sites (tertiary alicyclic amines) is 1. The van der Waals surface area contributed by atoms with Crippen molar-refractivity contribution in [2.75, 3.05) is 6.54 Å². The van der Waals surface area contributed by atoms with E-state index >= 15 is 0 Å². The van der Waals surface area contributed by atoms with Crippen molar-refractivity contribution >= 4 is 23.0 Å². The van der Waals surface area contributed by atoms with Crippen molar-refractivity contribution in [3.63, 3.8) is 0 Å². The Morgan fingerprint density at radius 2 is 2.10 bits per heavy atom. The molecule has 0 aliphatic carbocycles. The van der Waals surface area contributed by atoms with Crippen LogP contribution in [0.2, 0.25) is 0 Å². The first kappa shape index (κ1) is 13.4. The summed E-state index contributed by atoms with van der Waals surface area (Å²) in [4.78, 5) is 36.5. The maximum atomic E-state index is 12.3. The highest BCUT2D eigenvalue weighted by Gasteiger charge is 2.34. The first-order chi connectivity index (χ1) is 10.1. The van der Waals surface area contributed by atoms with Gasteiger partial charge in [0.25, 0.3) is 0 Å². The molecule has 110 valence electrons. The van der Waals surface area contributed by atoms with Gasteiger partial charge in [-0.25, -0.2) is 9.59 Å². The summed E-state index contributed by atoms with van der Waals surface area (Å²) in [5, 5.41) is 9.10. The predicted octanol–water partition coefficient (Wildman–Crippen LogP) is 0.670. The molecule has 21 heavy (non-hydrogen) atoms. The number of aromatic nitrogens is 1. The summed E-state index contributed by atoms with van der Waals surface area (Å²) in [6, 6.07) is 6.01. The number of para-hydroxylation sites is 2. The van der Waals surface area contributed by atoms with Crippen LogP contribution in [0, 0.1) is 0 Å². The largest absolute Gasteiger partial charge is 0.480 e. The molecule has 0 unspecified atom stereocenters. The van der Waals surface area contributed by atoms with Crippen LogP contribution < -0.4 is 5.76 Å². The van der Waals surface area contributed by atoms with Crippen LogP contribution in [0.25, 0.3) is 11.1 Å². The third-order valence-corrected chi connectivity index (χ3v) is 3.73. The number of rotatable bonds is 3. The molecule has 7 heteroatoms. The van der Waals surface area contributed by atoms with Gasteiger partial charge in [0, 0.05) is 6.54 Å². The minimum Gasteiger partial charge on any atom is -0.480 e. The lowest BCUT2D eigenvalue weighted by Crippen LogP contribution is -2.42. The molecule has 0 bridgehead atoms. The van der Waals surface area contributed by atoms with Gasteiger partial charge in [0.1, 0.15) is 12.6 Å². The maximum absolute atomic E-state index is 12.3. The summed E-state index contributed by atoms with van der Waals surface area (Å²) < 4.78 is 6.29. The molecule has 1 aromatic carbocycles. The second kappa shape index (κ2) is 5.08. The number of carboxylic acid groups (broad SMARTS) is 1. The van der Waals surface area contributed by atoms with Gasteiger partial charge in [-0.1, -0.05) is 12.1 Å². The smallest absolute Gasteiger partial charge is 0.420 e. The quantitative estimate of drug-likeness (QED) is 0.896. The van der Waals surface area contributed by atoms with Crippen LogP contribution in [0.5, 0.6) is 0 Å². The van der Waals surface area contributed by atoms with Gasteiger partial charge < -0.3 is 14.4 Å². The number of hydrogen-bond donors (Lipinski definition) is 1. The summed E-state index contributed by atoms with van der Waals surface area (Å²) in [7, 11) is 0. The Morgan fingerprint density at radius 1 is 1.33 bits per heavy atom. The lowest BCUT2D eigenvalue weighted by Gasteiger charge is -2.21. The van der Waals surface area contributed by atoms with Crippen molar-refractivity contribution in [1.82, 2.24) is 9.47 Å². The molecule has 2 aromatic rings. The van der Waals surface area contributed by atoms with E-state index in [0.717, 1.165) is 0 Å². The molecule has 1 N–H and O–H groups in total. The number of carbonyl (C=O) groups is 2. The van der Waals surface area contributed by atoms with E-state index in [4.69, 9.17) is 9.52 Å². The maximum Gasteiger partial charge on any atom is 0.420 e. The number of fused-ring (bicyclic) bond motifs is 1. The summed E-state index contributed by atoms with van der Waals surface area (Å²) in [6.07, 6.45) is 1.10. The Balaban J connectivity index is 1.88. The number of oxazole rings is 1. The third kappa shape index (κ3) is 2.31. The molecule has 0 radical (unpaired) electrons. The van der Waals surface area contributed by atoms with E-state index in [2.05, 4.69) is 0 Å². The summed E-state index contributed by atoms with van der Waals surface area (Å²) in [6.45, 7) is 0.194. The number of amides is 1. The summed E-state index contributed by atoms with van der Waals surface area (Å²) in [5.41, 5.74) is 0.938. The molecule has 7 nitrogen and oxygen atoms in total. The first-order valence-electron chi connectivity index (χ1n) is 6.68. The van der Waals surface area contributed by atoms with Crippen molar-refractivity contribution in [3.8, 4) is 0 Å². The third-order valence-electron chi connectivity index (χ3n) is 3.73. The fourth-order valence-corrected chi connectivity index (χ4v) is 2.71. The number of benzene rings is 1. The minimum atomic E-state index is -1.01. The van der Waals surface area contributed by atoms with Crippen LogP contribution in [-0.4, -0.2) is 39.0 Å². The number of nitrogens with zero attached hydrogens (tertiary/aromatic N) is 2. The number of hydrogen-bond acceptors (Lipinski definition) is 4. The molecule has 0 saturated carbocycles. The topological polar surface area (TPSA) is 92.8 Å². The molecule has 1 fully saturated rings. The van der Waals surface area contributed by atoms with E-state index in [1.807, 2.05) is 0 Å². The monoisotopic (exact) mass is 290 g/mol. The van der Waals surface area contributed by atoms with Gasteiger partial charge in [-0.15, -0.1) is 0 Å². The number of aliphatic carboxylic acids is 1. The summed E-state index contributed by atoms with van der Waals surface area (Å²) >= 11 is 0. The average molecular weight is 290 g/mol. The molecule has 3 rings (SSSR count). The van der Waals surface area contributed by atoms with Gasteiger partial charge in [0.05, 0.1) is 5.52 Å². The molecule has 1 aromatic heterocycles. The van der Waals surface area contributed by atoms with Crippen molar-refractivity contribution in [2.24, 2.45) is 0 Å². The first-order valence-corrected chi connectivity index (χ1v) is 6.68. The van der Waals surface area contributed by atoms with Gasteiger partial charge in [-0.3, -0.25) is 9.36 Å². The fourth-order valence-electron chi connectivity index (χ4n) is 2.71. The highest BCUT2D eigenvalue weighted by atomic mass is 16.4. The van der Waals surface area contributed by atoms with Gasteiger partial charge in [0.15, 0.2) is 5.58 Å². The highest BCUT2D eigenvalue weighted by Crippen LogP contribution is 2.19. The van der Waals surface area contributed by atoms with E-state index in [-0.39, 0.29) is 12.5 Å². The van der Waals surface area contributed by atoms with Crippen LogP contribution in [0.15, 0.2) is 33.5 Å².